The molecular formula is C14H29N2O5PS. The average molecular weight is 368 g/mol. The van der Waals surface area contributed by atoms with Gasteiger partial charge in [-0.15, -0.1) is 9.24 Å². The Bertz CT molecular complexity index is 506. The van der Waals surface area contributed by atoms with Crippen LogP contribution in [0.15, 0.2) is 0 Å². The molecule has 2 fully saturated rings. The lowest BCUT2D eigenvalue weighted by Gasteiger charge is -2.26. The Hall–Kier alpha value is -0.720. The Morgan fingerprint density at radius 3 is 1.96 bits per heavy atom. The van der Waals surface area contributed by atoms with Crippen molar-refractivity contribution in [3.63, 3.8) is 0 Å². The van der Waals surface area contributed by atoms with Crippen molar-refractivity contribution in [2.45, 2.75) is 39.3 Å². The van der Waals surface area contributed by atoms with Crippen molar-refractivity contribution in [2.75, 3.05) is 19.3 Å². The molecule has 3 N–H and O–H groups in total. The zero-order valence-corrected chi connectivity index (χ0v) is 16.4. The van der Waals surface area contributed by atoms with E-state index in [0.29, 0.717) is 17.5 Å². The number of amides is 1. The molecule has 1 aliphatic heterocycles. The summed E-state index contributed by atoms with van der Waals surface area (Å²) in [6.07, 6.45) is 1.62. The maximum Gasteiger partial charge on any atom is 0.290 e. The van der Waals surface area contributed by atoms with E-state index in [4.69, 9.17) is 9.90 Å². The van der Waals surface area contributed by atoms with Crippen LogP contribution in [0.25, 0.3) is 0 Å². The van der Waals surface area contributed by atoms with Gasteiger partial charge in [-0.2, -0.15) is 0 Å². The molecule has 0 spiro atoms. The fraction of sp³-hybridized carbons (Fsp3) is 0.857. The van der Waals surface area contributed by atoms with E-state index in [0.717, 1.165) is 31.2 Å². The second kappa shape index (κ2) is 7.90. The number of carbonyl (C=O) groups is 2. The van der Waals surface area contributed by atoms with Gasteiger partial charge in [0.05, 0.1) is 6.26 Å². The molecule has 1 saturated heterocycles. The molecule has 3 atom stereocenters. The normalized spacial score (nSPS) is 28.6. The van der Waals surface area contributed by atoms with Crippen molar-refractivity contribution in [1.82, 2.24) is 4.90 Å². The van der Waals surface area contributed by atoms with Gasteiger partial charge in [-0.05, 0) is 22.4 Å². The van der Waals surface area contributed by atoms with E-state index < -0.39 is 10.0 Å². The summed E-state index contributed by atoms with van der Waals surface area (Å²) in [4.78, 5) is 22.4. The van der Waals surface area contributed by atoms with Gasteiger partial charge in [0.2, 0.25) is 15.9 Å². The second-order valence-corrected chi connectivity index (χ2v) is 10.5. The summed E-state index contributed by atoms with van der Waals surface area (Å²) in [6.45, 7) is 10.4. The second-order valence-electron chi connectivity index (χ2n) is 7.55. The molecule has 7 nitrogen and oxygen atoms in total. The molecule has 9 heteroatoms. The topological polar surface area (TPSA) is 118 Å². The largest absolute Gasteiger partial charge is 0.483 e. The van der Waals surface area contributed by atoms with Crippen molar-refractivity contribution < 1.29 is 23.1 Å². The number of rotatable bonds is 1. The van der Waals surface area contributed by atoms with Crippen LogP contribution in [0, 0.1) is 17.3 Å². The predicted octanol–water partition coefficient (Wildman–Crippen LogP) is 0.750. The smallest absolute Gasteiger partial charge is 0.290 e. The molecule has 1 saturated carbocycles. The first kappa shape index (κ1) is 22.3. The van der Waals surface area contributed by atoms with E-state index in [9.17, 15) is 13.2 Å². The summed E-state index contributed by atoms with van der Waals surface area (Å²) in [5.41, 5.74) is 0.119. The molecule has 136 valence electrons. The average Bonchev–Trinajstić information content (AvgIpc) is 2.69. The fourth-order valence-electron chi connectivity index (χ4n) is 2.69. The quantitative estimate of drug-likeness (QED) is 0.523. The number of carboxylic acid groups (broad SMARTS) is 1. The highest BCUT2D eigenvalue weighted by Gasteiger charge is 2.62. The molecule has 0 aromatic carbocycles. The van der Waals surface area contributed by atoms with Crippen LogP contribution in [-0.4, -0.2) is 55.3 Å². The third-order valence-electron chi connectivity index (χ3n) is 3.84. The summed E-state index contributed by atoms with van der Waals surface area (Å²) in [5.74, 6) is 1.83. The minimum absolute atomic E-state index is 0.119. The first-order valence-electron chi connectivity index (χ1n) is 7.25. The van der Waals surface area contributed by atoms with E-state index in [2.05, 4.69) is 47.0 Å². The zero-order valence-electron chi connectivity index (χ0n) is 14.4. The molecular weight excluding hydrogens is 339 g/mol. The van der Waals surface area contributed by atoms with E-state index in [1.54, 1.807) is 0 Å². The summed E-state index contributed by atoms with van der Waals surface area (Å²) in [7, 11) is -0.216. The molecule has 0 bridgehead atoms. The van der Waals surface area contributed by atoms with Gasteiger partial charge in [-0.3, -0.25) is 9.59 Å². The van der Waals surface area contributed by atoms with Crippen molar-refractivity contribution in [3.05, 3.63) is 0 Å². The molecule has 0 aromatic heterocycles. The Kier molecular flexibility index (Phi) is 7.65. The van der Waals surface area contributed by atoms with Gasteiger partial charge in [0.1, 0.15) is 0 Å². The minimum Gasteiger partial charge on any atom is -0.483 e. The van der Waals surface area contributed by atoms with Crippen LogP contribution in [0.4, 0.5) is 0 Å². The Morgan fingerprint density at radius 1 is 1.39 bits per heavy atom. The number of fused-ring (bicyclic) bond motifs is 1. The van der Waals surface area contributed by atoms with Crippen molar-refractivity contribution in [2.24, 2.45) is 22.4 Å². The number of nitrogens with two attached hydrogens (primary N) is 1. The van der Waals surface area contributed by atoms with Gasteiger partial charge >= 0.3 is 0 Å². The summed E-state index contributed by atoms with van der Waals surface area (Å²) >= 11 is 0. The molecule has 1 heterocycles. The lowest BCUT2D eigenvalue weighted by Crippen LogP contribution is -2.35. The standard InChI is InChI=1S/C12H22NOP.CH5NO2S.CH2O2/c1-11(2,3)5-10(14)13-6-8-9(7-13)12(8,4)15;1-5(2,3)4;2-1-3/h8-9H,5-7,15H2,1-4H3;1H3,(H2,2,3,4);1H,(H,2,3). The van der Waals surface area contributed by atoms with Gasteiger partial charge in [-0.25, -0.2) is 13.6 Å². The first-order chi connectivity index (χ1) is 10.1. The SMILES string of the molecule is CC(C)(C)CC(=O)N1CC2C(C1)C2(C)P.CS(N)(=O)=O.O=CO. The fourth-order valence-corrected chi connectivity index (χ4v) is 3.27. The number of hydrogen-bond acceptors (Lipinski definition) is 4. The van der Waals surface area contributed by atoms with E-state index in [1.165, 1.54) is 0 Å². The van der Waals surface area contributed by atoms with Crippen LogP contribution in [0.1, 0.15) is 34.1 Å². The van der Waals surface area contributed by atoms with Crippen LogP contribution in [0.3, 0.4) is 0 Å². The van der Waals surface area contributed by atoms with E-state index in [1.807, 2.05) is 0 Å². The van der Waals surface area contributed by atoms with Gasteiger partial charge in [0.15, 0.2) is 0 Å². The molecule has 2 aliphatic rings. The zero-order chi connectivity index (χ0) is 18.6. The molecule has 23 heavy (non-hydrogen) atoms. The van der Waals surface area contributed by atoms with Crippen molar-refractivity contribution in [1.29, 1.82) is 0 Å². The van der Waals surface area contributed by atoms with Crippen molar-refractivity contribution in [3.8, 4) is 0 Å². The van der Waals surface area contributed by atoms with Crippen LogP contribution >= 0.6 is 9.24 Å². The van der Waals surface area contributed by atoms with Crippen LogP contribution < -0.4 is 5.14 Å². The number of nitrogens with zero attached hydrogens (tertiary/aromatic N) is 1. The van der Waals surface area contributed by atoms with Crippen LogP contribution in [0.5, 0.6) is 0 Å². The van der Waals surface area contributed by atoms with E-state index in [-0.39, 0.29) is 11.9 Å². The number of primary sulfonamides is 1. The van der Waals surface area contributed by atoms with Gasteiger partial charge in [0, 0.05) is 19.5 Å². The maximum absolute atomic E-state index is 12.0. The van der Waals surface area contributed by atoms with E-state index >= 15 is 0 Å². The highest BCUT2D eigenvalue weighted by Crippen LogP contribution is 2.61. The number of hydrogen-bond donors (Lipinski definition) is 2. The Balaban J connectivity index is 0.000000511. The third kappa shape index (κ3) is 8.63. The number of likely N-dealkylation sites (tertiary alicyclic amines) is 1. The maximum atomic E-state index is 12.0. The summed E-state index contributed by atoms with van der Waals surface area (Å²) in [6, 6.07) is 0. The van der Waals surface area contributed by atoms with Crippen LogP contribution in [-0.2, 0) is 19.6 Å². The molecule has 0 aromatic rings. The molecule has 1 aliphatic carbocycles. The highest BCUT2D eigenvalue weighted by atomic mass is 32.2. The van der Waals surface area contributed by atoms with Gasteiger partial charge in [0.25, 0.3) is 6.47 Å². The molecule has 2 rings (SSSR count). The number of carbonyl (C=O) groups excluding carboxylic acids is 1. The Morgan fingerprint density at radius 2 is 1.70 bits per heavy atom. The minimum atomic E-state index is -3.17. The molecule has 0 radical (unpaired) electrons. The van der Waals surface area contributed by atoms with Gasteiger partial charge in [-0.1, -0.05) is 27.7 Å². The van der Waals surface area contributed by atoms with Crippen molar-refractivity contribution >= 4 is 31.6 Å². The lowest BCUT2D eigenvalue weighted by molar-refractivity contribution is -0.132. The molecule has 3 unspecified atom stereocenters. The Labute approximate surface area is 141 Å². The first-order valence-corrected chi connectivity index (χ1v) is 9.79. The lowest BCUT2D eigenvalue weighted by atomic mass is 9.91. The summed E-state index contributed by atoms with van der Waals surface area (Å²) < 4.78 is 18.8. The summed E-state index contributed by atoms with van der Waals surface area (Å²) in [5, 5.41) is 11.6. The monoisotopic (exact) mass is 368 g/mol. The number of piperidine rings is 1. The predicted molar refractivity (Wildman–Crippen MR) is 93.5 cm³/mol. The number of sulfonamides is 1. The third-order valence-corrected chi connectivity index (χ3v) is 4.70. The van der Waals surface area contributed by atoms with Gasteiger partial charge < -0.3 is 10.0 Å². The molecule has 1 amide bonds. The van der Waals surface area contributed by atoms with Crippen LogP contribution in [0.2, 0.25) is 0 Å². The highest BCUT2D eigenvalue weighted by molar-refractivity contribution is 7.88.